The maximum atomic E-state index is 10.0. The predicted molar refractivity (Wildman–Crippen MR) is 98.8 cm³/mol. The van der Waals surface area contributed by atoms with Crippen LogP contribution in [0.3, 0.4) is 0 Å². The third kappa shape index (κ3) is 3.25. The summed E-state index contributed by atoms with van der Waals surface area (Å²) in [6.45, 7) is 6.81. The second-order valence-electron chi connectivity index (χ2n) is 6.44. The maximum Gasteiger partial charge on any atom is 0.317 e. The molecule has 4 rings (SSSR count). The summed E-state index contributed by atoms with van der Waals surface area (Å²) in [6.07, 6.45) is 0. The zero-order valence-electron chi connectivity index (χ0n) is 14.9. The van der Waals surface area contributed by atoms with E-state index in [9.17, 15) is 5.11 Å². The average Bonchev–Trinajstić information content (AvgIpc) is 3.04. The Balaban J connectivity index is 1.72. The van der Waals surface area contributed by atoms with E-state index in [4.69, 9.17) is 9.84 Å². The quantitative estimate of drug-likeness (QED) is 0.781. The molecule has 1 saturated heterocycles. The van der Waals surface area contributed by atoms with Gasteiger partial charge in [0.15, 0.2) is 5.82 Å². The summed E-state index contributed by atoms with van der Waals surface area (Å²) in [5.74, 6) is 1.23. The van der Waals surface area contributed by atoms with Crippen LogP contribution in [0.5, 0.6) is 6.01 Å². The van der Waals surface area contributed by atoms with Gasteiger partial charge in [0.05, 0.1) is 18.9 Å². The summed E-state index contributed by atoms with van der Waals surface area (Å²) in [7, 11) is 0. The van der Waals surface area contributed by atoms with E-state index in [0.717, 1.165) is 30.0 Å². The first kappa shape index (κ1) is 16.5. The van der Waals surface area contributed by atoms with E-state index in [-0.39, 0.29) is 6.01 Å². The standard InChI is InChI=1S/C19H21N5O2/c1-13-4-3-5-15(10-13)16-11-14(2)24(22-16)18-12-17(20-19(25)21-18)23-6-8-26-9-7-23/h3-5,10-12H,6-9H2,1-2H3,(H,20,21,25). The van der Waals surface area contributed by atoms with Crippen molar-refractivity contribution in [3.05, 3.63) is 47.7 Å². The molecule has 1 N–H and O–H groups in total. The number of ether oxygens (including phenoxy) is 1. The van der Waals surface area contributed by atoms with Gasteiger partial charge in [0.25, 0.3) is 0 Å². The van der Waals surface area contributed by atoms with E-state index in [1.807, 2.05) is 31.2 Å². The minimum atomic E-state index is -0.254. The number of aryl methyl sites for hydroxylation is 2. The van der Waals surface area contributed by atoms with Gasteiger partial charge < -0.3 is 14.7 Å². The van der Waals surface area contributed by atoms with Crippen LogP contribution in [0.2, 0.25) is 0 Å². The van der Waals surface area contributed by atoms with Gasteiger partial charge >= 0.3 is 6.01 Å². The largest absolute Gasteiger partial charge is 0.479 e. The number of rotatable bonds is 3. The zero-order valence-corrected chi connectivity index (χ0v) is 14.9. The Morgan fingerprint density at radius 2 is 1.77 bits per heavy atom. The maximum absolute atomic E-state index is 10.0. The molecule has 1 aromatic carbocycles. The summed E-state index contributed by atoms with van der Waals surface area (Å²) >= 11 is 0. The van der Waals surface area contributed by atoms with Gasteiger partial charge in [0, 0.05) is 30.4 Å². The van der Waals surface area contributed by atoms with Crippen LogP contribution in [0.4, 0.5) is 5.82 Å². The molecule has 3 heterocycles. The third-order valence-electron chi connectivity index (χ3n) is 4.44. The van der Waals surface area contributed by atoms with Crippen LogP contribution in [0.15, 0.2) is 36.4 Å². The summed E-state index contributed by atoms with van der Waals surface area (Å²) in [6, 6.07) is 11.8. The van der Waals surface area contributed by atoms with Crippen LogP contribution < -0.4 is 4.90 Å². The number of benzene rings is 1. The van der Waals surface area contributed by atoms with E-state index in [2.05, 4.69) is 33.9 Å². The number of hydrogen-bond acceptors (Lipinski definition) is 6. The highest BCUT2D eigenvalue weighted by Crippen LogP contribution is 2.24. The lowest BCUT2D eigenvalue weighted by molar-refractivity contribution is 0.122. The number of aromatic nitrogens is 4. The molecular formula is C19H21N5O2. The molecule has 1 aliphatic rings. The lowest BCUT2D eigenvalue weighted by Crippen LogP contribution is -2.36. The van der Waals surface area contributed by atoms with Crippen molar-refractivity contribution in [2.24, 2.45) is 0 Å². The SMILES string of the molecule is Cc1cccc(-c2cc(C)n(-c3cc(N4CCOCC4)nc(O)n3)n2)c1. The molecule has 0 bridgehead atoms. The smallest absolute Gasteiger partial charge is 0.317 e. The van der Waals surface area contributed by atoms with Crippen LogP contribution >= 0.6 is 0 Å². The van der Waals surface area contributed by atoms with Crippen molar-refractivity contribution < 1.29 is 9.84 Å². The van der Waals surface area contributed by atoms with E-state index in [1.54, 1.807) is 4.68 Å². The van der Waals surface area contributed by atoms with Crippen LogP contribution in [0, 0.1) is 13.8 Å². The van der Waals surface area contributed by atoms with Gasteiger partial charge in [0.1, 0.15) is 5.82 Å². The molecule has 0 radical (unpaired) electrons. The molecular weight excluding hydrogens is 330 g/mol. The van der Waals surface area contributed by atoms with Crippen molar-refractivity contribution in [2.45, 2.75) is 13.8 Å². The van der Waals surface area contributed by atoms with Crippen molar-refractivity contribution in [2.75, 3.05) is 31.2 Å². The predicted octanol–water partition coefficient (Wildman–Crippen LogP) is 2.49. The van der Waals surface area contributed by atoms with Gasteiger partial charge in [-0.3, -0.25) is 0 Å². The fourth-order valence-electron chi connectivity index (χ4n) is 3.12. The summed E-state index contributed by atoms with van der Waals surface area (Å²) in [5.41, 5.74) is 4.05. The van der Waals surface area contributed by atoms with E-state index in [0.29, 0.717) is 24.8 Å². The summed E-state index contributed by atoms with van der Waals surface area (Å²) in [5, 5.41) is 14.7. The van der Waals surface area contributed by atoms with E-state index in [1.165, 1.54) is 5.56 Å². The highest BCUT2D eigenvalue weighted by Gasteiger charge is 2.17. The molecule has 2 aromatic heterocycles. The number of morpholine rings is 1. The molecule has 7 nitrogen and oxygen atoms in total. The second kappa shape index (κ2) is 6.76. The van der Waals surface area contributed by atoms with Gasteiger partial charge in [-0.2, -0.15) is 15.1 Å². The molecule has 0 unspecified atom stereocenters. The first-order valence-electron chi connectivity index (χ1n) is 8.65. The molecule has 0 spiro atoms. The van der Waals surface area contributed by atoms with Crippen LogP contribution in [0.25, 0.3) is 17.1 Å². The number of nitrogens with zero attached hydrogens (tertiary/aromatic N) is 5. The fourth-order valence-corrected chi connectivity index (χ4v) is 3.12. The van der Waals surface area contributed by atoms with Gasteiger partial charge in [-0.15, -0.1) is 0 Å². The Kier molecular flexibility index (Phi) is 4.30. The fraction of sp³-hybridized carbons (Fsp3) is 0.316. The normalized spacial score (nSPS) is 14.6. The Labute approximate surface area is 151 Å². The molecule has 134 valence electrons. The topological polar surface area (TPSA) is 76.3 Å². The van der Waals surface area contributed by atoms with Gasteiger partial charge in [0.2, 0.25) is 0 Å². The Morgan fingerprint density at radius 3 is 2.54 bits per heavy atom. The van der Waals surface area contributed by atoms with Crippen molar-refractivity contribution in [3.63, 3.8) is 0 Å². The first-order chi connectivity index (χ1) is 12.6. The molecule has 0 saturated carbocycles. The van der Waals surface area contributed by atoms with E-state index < -0.39 is 0 Å². The number of aromatic hydroxyl groups is 1. The third-order valence-corrected chi connectivity index (χ3v) is 4.44. The van der Waals surface area contributed by atoms with Crippen molar-refractivity contribution >= 4 is 5.82 Å². The van der Waals surface area contributed by atoms with E-state index >= 15 is 0 Å². The van der Waals surface area contributed by atoms with Crippen LogP contribution in [0.1, 0.15) is 11.3 Å². The number of anilines is 1. The van der Waals surface area contributed by atoms with Crippen molar-refractivity contribution in [1.29, 1.82) is 0 Å². The lowest BCUT2D eigenvalue weighted by Gasteiger charge is -2.27. The minimum absolute atomic E-state index is 0.254. The zero-order chi connectivity index (χ0) is 18.1. The van der Waals surface area contributed by atoms with Crippen LogP contribution in [-0.4, -0.2) is 51.2 Å². The minimum Gasteiger partial charge on any atom is -0.479 e. The molecule has 1 fully saturated rings. The van der Waals surface area contributed by atoms with Gasteiger partial charge in [-0.05, 0) is 26.0 Å². The highest BCUT2D eigenvalue weighted by molar-refractivity contribution is 5.61. The summed E-state index contributed by atoms with van der Waals surface area (Å²) in [4.78, 5) is 10.4. The monoisotopic (exact) mass is 351 g/mol. The number of hydrogen-bond donors (Lipinski definition) is 1. The molecule has 0 atom stereocenters. The Bertz CT molecular complexity index is 931. The second-order valence-corrected chi connectivity index (χ2v) is 6.44. The molecule has 0 amide bonds. The van der Waals surface area contributed by atoms with Crippen molar-refractivity contribution in [3.8, 4) is 23.1 Å². The molecule has 0 aliphatic carbocycles. The molecule has 26 heavy (non-hydrogen) atoms. The average molecular weight is 351 g/mol. The lowest BCUT2D eigenvalue weighted by atomic mass is 10.1. The van der Waals surface area contributed by atoms with Crippen molar-refractivity contribution in [1.82, 2.24) is 19.7 Å². The molecule has 1 aliphatic heterocycles. The van der Waals surface area contributed by atoms with Gasteiger partial charge in [-0.25, -0.2) is 4.68 Å². The van der Waals surface area contributed by atoms with Gasteiger partial charge in [-0.1, -0.05) is 23.8 Å². The van der Waals surface area contributed by atoms with Crippen LogP contribution in [-0.2, 0) is 4.74 Å². The first-order valence-corrected chi connectivity index (χ1v) is 8.65. The highest BCUT2D eigenvalue weighted by atomic mass is 16.5. The Morgan fingerprint density at radius 1 is 1.00 bits per heavy atom. The molecule has 3 aromatic rings. The Hall–Kier alpha value is -2.93. The molecule has 7 heteroatoms. The summed E-state index contributed by atoms with van der Waals surface area (Å²) < 4.78 is 7.12.